The van der Waals surface area contributed by atoms with E-state index in [1.165, 1.54) is 36.9 Å². The van der Waals surface area contributed by atoms with Crippen LogP contribution in [0.4, 0.5) is 5.69 Å². The molecular formula is C21H35N5. The van der Waals surface area contributed by atoms with Crippen molar-refractivity contribution in [3.05, 3.63) is 29.8 Å². The number of hydrogen-bond donors (Lipinski definition) is 2. The minimum absolute atomic E-state index is 0.621. The van der Waals surface area contributed by atoms with Crippen molar-refractivity contribution in [2.45, 2.75) is 45.1 Å². The summed E-state index contributed by atoms with van der Waals surface area (Å²) in [6, 6.07) is 9.48. The lowest BCUT2D eigenvalue weighted by Gasteiger charge is -2.36. The largest absolute Gasteiger partial charge is 0.369 e. The van der Waals surface area contributed by atoms with Crippen LogP contribution in [0, 0.1) is 6.92 Å². The first-order valence-corrected chi connectivity index (χ1v) is 10.3. The molecule has 0 aromatic heterocycles. The highest BCUT2D eigenvalue weighted by Gasteiger charge is 2.17. The van der Waals surface area contributed by atoms with Crippen molar-refractivity contribution in [3.63, 3.8) is 0 Å². The van der Waals surface area contributed by atoms with E-state index in [1.807, 2.05) is 7.05 Å². The third-order valence-corrected chi connectivity index (χ3v) is 5.60. The van der Waals surface area contributed by atoms with Crippen LogP contribution in [0.25, 0.3) is 0 Å². The standard InChI is InChI=1S/C21H35N5/c1-18-7-5-10-20(17-18)26-15-13-25(14-16-26)12-6-11-23-21(22-2)24-19-8-3-4-9-19/h5,7,10,17,19H,3-4,6,8-9,11-16H2,1-2H3,(H2,22,23,24). The van der Waals surface area contributed by atoms with E-state index in [2.05, 4.69) is 56.6 Å². The molecule has 0 spiro atoms. The molecule has 1 aromatic carbocycles. The first kappa shape index (κ1) is 19.0. The summed E-state index contributed by atoms with van der Waals surface area (Å²) in [5.41, 5.74) is 2.71. The Morgan fingerprint density at radius 2 is 1.92 bits per heavy atom. The van der Waals surface area contributed by atoms with Gasteiger partial charge in [0.2, 0.25) is 0 Å². The number of rotatable bonds is 6. The summed E-state index contributed by atoms with van der Waals surface area (Å²) in [5, 5.41) is 7.03. The maximum Gasteiger partial charge on any atom is 0.191 e. The maximum atomic E-state index is 4.36. The minimum atomic E-state index is 0.621. The Kier molecular flexibility index (Phi) is 7.18. The summed E-state index contributed by atoms with van der Waals surface area (Å²) in [5.74, 6) is 0.973. The van der Waals surface area contributed by atoms with Gasteiger partial charge >= 0.3 is 0 Å². The van der Waals surface area contributed by atoms with Crippen LogP contribution in [0.15, 0.2) is 29.3 Å². The van der Waals surface area contributed by atoms with Crippen LogP contribution in [0.5, 0.6) is 0 Å². The van der Waals surface area contributed by atoms with E-state index in [-0.39, 0.29) is 0 Å². The average Bonchev–Trinajstić information content (AvgIpc) is 3.18. The lowest BCUT2D eigenvalue weighted by Crippen LogP contribution is -2.47. The molecule has 2 N–H and O–H groups in total. The molecule has 1 saturated heterocycles. The molecule has 5 nitrogen and oxygen atoms in total. The highest BCUT2D eigenvalue weighted by Crippen LogP contribution is 2.18. The van der Waals surface area contributed by atoms with Crippen molar-refractivity contribution in [2.75, 3.05) is 51.2 Å². The third kappa shape index (κ3) is 5.63. The van der Waals surface area contributed by atoms with Gasteiger partial charge in [-0.05, 0) is 50.4 Å². The van der Waals surface area contributed by atoms with E-state index in [0.29, 0.717) is 6.04 Å². The molecule has 26 heavy (non-hydrogen) atoms. The number of piperazine rings is 1. The zero-order valence-electron chi connectivity index (χ0n) is 16.5. The zero-order chi connectivity index (χ0) is 18.2. The van der Waals surface area contributed by atoms with Crippen LogP contribution in [0.2, 0.25) is 0 Å². The Labute approximate surface area is 158 Å². The lowest BCUT2D eigenvalue weighted by molar-refractivity contribution is 0.255. The molecule has 1 saturated carbocycles. The molecule has 0 atom stereocenters. The maximum absolute atomic E-state index is 4.36. The van der Waals surface area contributed by atoms with Crippen molar-refractivity contribution in [3.8, 4) is 0 Å². The quantitative estimate of drug-likeness (QED) is 0.467. The zero-order valence-corrected chi connectivity index (χ0v) is 16.5. The predicted molar refractivity (Wildman–Crippen MR) is 111 cm³/mol. The molecule has 2 aliphatic rings. The molecule has 3 rings (SSSR count). The summed E-state index contributed by atoms with van der Waals surface area (Å²) in [6.45, 7) is 8.89. The van der Waals surface area contributed by atoms with E-state index < -0.39 is 0 Å². The van der Waals surface area contributed by atoms with Gasteiger partial charge in [0.1, 0.15) is 0 Å². The number of guanidine groups is 1. The molecule has 2 fully saturated rings. The van der Waals surface area contributed by atoms with E-state index in [4.69, 9.17) is 0 Å². The summed E-state index contributed by atoms with van der Waals surface area (Å²) >= 11 is 0. The smallest absolute Gasteiger partial charge is 0.191 e. The molecular weight excluding hydrogens is 322 g/mol. The summed E-state index contributed by atoms with van der Waals surface area (Å²) in [4.78, 5) is 9.45. The number of nitrogens with one attached hydrogen (secondary N) is 2. The molecule has 1 heterocycles. The second kappa shape index (κ2) is 9.81. The lowest BCUT2D eigenvalue weighted by atomic mass is 10.2. The van der Waals surface area contributed by atoms with Crippen LogP contribution >= 0.6 is 0 Å². The fourth-order valence-electron chi connectivity index (χ4n) is 4.02. The van der Waals surface area contributed by atoms with Gasteiger partial charge in [-0.15, -0.1) is 0 Å². The number of anilines is 1. The number of hydrogen-bond acceptors (Lipinski definition) is 3. The van der Waals surface area contributed by atoms with Gasteiger partial charge < -0.3 is 15.5 Å². The number of aliphatic imine (C=N–C) groups is 1. The van der Waals surface area contributed by atoms with Gasteiger partial charge in [0.15, 0.2) is 5.96 Å². The highest BCUT2D eigenvalue weighted by molar-refractivity contribution is 5.79. The highest BCUT2D eigenvalue weighted by atomic mass is 15.3. The van der Waals surface area contributed by atoms with Crippen LogP contribution in [-0.4, -0.2) is 63.2 Å². The average molecular weight is 358 g/mol. The Morgan fingerprint density at radius 1 is 1.15 bits per heavy atom. The summed E-state index contributed by atoms with van der Waals surface area (Å²) < 4.78 is 0. The topological polar surface area (TPSA) is 42.9 Å². The molecule has 0 radical (unpaired) electrons. The van der Waals surface area contributed by atoms with E-state index in [1.54, 1.807) is 0 Å². The second-order valence-electron chi connectivity index (χ2n) is 7.65. The molecule has 0 unspecified atom stereocenters. The molecule has 1 aliphatic heterocycles. The third-order valence-electron chi connectivity index (χ3n) is 5.60. The predicted octanol–water partition coefficient (Wildman–Crippen LogP) is 2.61. The van der Waals surface area contributed by atoms with Gasteiger partial charge in [0, 0.05) is 51.5 Å². The van der Waals surface area contributed by atoms with Crippen LogP contribution in [0.1, 0.15) is 37.7 Å². The number of aryl methyl sites for hydroxylation is 1. The first-order chi connectivity index (χ1) is 12.7. The molecule has 0 amide bonds. The Balaban J connectivity index is 1.31. The van der Waals surface area contributed by atoms with E-state index in [9.17, 15) is 0 Å². The second-order valence-corrected chi connectivity index (χ2v) is 7.65. The van der Waals surface area contributed by atoms with Crippen molar-refractivity contribution < 1.29 is 0 Å². The van der Waals surface area contributed by atoms with Crippen molar-refractivity contribution >= 4 is 11.6 Å². The van der Waals surface area contributed by atoms with E-state index >= 15 is 0 Å². The fraction of sp³-hybridized carbons (Fsp3) is 0.667. The van der Waals surface area contributed by atoms with Gasteiger partial charge in [0.05, 0.1) is 0 Å². The molecule has 1 aromatic rings. The summed E-state index contributed by atoms with van der Waals surface area (Å²) in [7, 11) is 1.87. The molecule has 1 aliphatic carbocycles. The van der Waals surface area contributed by atoms with Gasteiger partial charge in [0.25, 0.3) is 0 Å². The summed E-state index contributed by atoms with van der Waals surface area (Å²) in [6.07, 6.45) is 6.43. The van der Waals surface area contributed by atoms with Crippen LogP contribution in [-0.2, 0) is 0 Å². The molecule has 5 heteroatoms. The minimum Gasteiger partial charge on any atom is -0.369 e. The van der Waals surface area contributed by atoms with Gasteiger partial charge in [-0.1, -0.05) is 25.0 Å². The van der Waals surface area contributed by atoms with Crippen molar-refractivity contribution in [1.29, 1.82) is 0 Å². The SMILES string of the molecule is CN=C(NCCCN1CCN(c2cccc(C)c2)CC1)NC1CCCC1. The van der Waals surface area contributed by atoms with Crippen LogP contribution in [0.3, 0.4) is 0 Å². The van der Waals surface area contributed by atoms with Gasteiger partial charge in [-0.2, -0.15) is 0 Å². The monoisotopic (exact) mass is 357 g/mol. The number of nitrogens with zero attached hydrogens (tertiary/aromatic N) is 3. The Hall–Kier alpha value is -1.75. The Morgan fingerprint density at radius 3 is 2.62 bits per heavy atom. The molecule has 144 valence electrons. The van der Waals surface area contributed by atoms with Crippen molar-refractivity contribution in [2.24, 2.45) is 4.99 Å². The van der Waals surface area contributed by atoms with Gasteiger partial charge in [-0.3, -0.25) is 9.89 Å². The Bertz CT molecular complexity index is 572. The normalized spacial score (nSPS) is 19.8. The fourth-order valence-corrected chi connectivity index (χ4v) is 4.02. The first-order valence-electron chi connectivity index (χ1n) is 10.3. The van der Waals surface area contributed by atoms with Gasteiger partial charge in [-0.25, -0.2) is 0 Å². The van der Waals surface area contributed by atoms with E-state index in [0.717, 1.165) is 51.6 Å². The van der Waals surface area contributed by atoms with Crippen molar-refractivity contribution in [1.82, 2.24) is 15.5 Å². The molecule has 0 bridgehead atoms. The van der Waals surface area contributed by atoms with Crippen LogP contribution < -0.4 is 15.5 Å². The number of benzene rings is 1.